The number of hydrogen-bond acceptors (Lipinski definition) is 3. The molecule has 0 aromatic heterocycles. The van der Waals surface area contributed by atoms with Crippen molar-refractivity contribution in [2.45, 2.75) is 57.4 Å². The SMILES string of the molecule is C=CCOC(=O)NC(CCC(=O)O)CC1CCCCC1. The van der Waals surface area contributed by atoms with Crippen molar-refractivity contribution in [3.63, 3.8) is 0 Å². The zero-order valence-corrected chi connectivity index (χ0v) is 12.0. The second-order valence-electron chi connectivity index (χ2n) is 5.40. The smallest absolute Gasteiger partial charge is 0.407 e. The molecule has 1 amide bonds. The number of amides is 1. The zero-order chi connectivity index (χ0) is 14.8. The first-order valence-corrected chi connectivity index (χ1v) is 7.37. The van der Waals surface area contributed by atoms with Crippen molar-refractivity contribution >= 4 is 12.1 Å². The molecule has 0 saturated heterocycles. The van der Waals surface area contributed by atoms with Gasteiger partial charge in [0.1, 0.15) is 6.61 Å². The standard InChI is InChI=1S/C15H25NO4/c1-2-10-20-15(19)16-13(8-9-14(17)18)11-12-6-4-3-5-7-12/h2,12-13H,1,3-11H2,(H,16,19)(H,17,18). The molecule has 1 saturated carbocycles. The number of aliphatic carboxylic acids is 1. The molecule has 1 unspecified atom stereocenters. The third-order valence-corrected chi connectivity index (χ3v) is 3.70. The fourth-order valence-electron chi connectivity index (χ4n) is 2.71. The topological polar surface area (TPSA) is 75.6 Å². The van der Waals surface area contributed by atoms with E-state index in [1.54, 1.807) is 0 Å². The van der Waals surface area contributed by atoms with Gasteiger partial charge in [0.15, 0.2) is 0 Å². The van der Waals surface area contributed by atoms with Crippen molar-refractivity contribution in [1.29, 1.82) is 0 Å². The third-order valence-electron chi connectivity index (χ3n) is 3.70. The van der Waals surface area contributed by atoms with Crippen LogP contribution in [0.5, 0.6) is 0 Å². The molecule has 1 aliphatic rings. The number of ether oxygens (including phenoxy) is 1. The van der Waals surface area contributed by atoms with Crippen molar-refractivity contribution < 1.29 is 19.4 Å². The maximum atomic E-state index is 11.6. The van der Waals surface area contributed by atoms with Gasteiger partial charge >= 0.3 is 12.1 Å². The molecule has 0 aromatic carbocycles. The van der Waals surface area contributed by atoms with Crippen molar-refractivity contribution in [3.05, 3.63) is 12.7 Å². The van der Waals surface area contributed by atoms with Crippen LogP contribution in [-0.4, -0.2) is 29.8 Å². The molecule has 2 N–H and O–H groups in total. The lowest BCUT2D eigenvalue weighted by Gasteiger charge is -2.26. The molecule has 0 heterocycles. The Labute approximate surface area is 120 Å². The first-order valence-electron chi connectivity index (χ1n) is 7.37. The molecule has 20 heavy (non-hydrogen) atoms. The second-order valence-corrected chi connectivity index (χ2v) is 5.40. The number of alkyl carbamates (subject to hydrolysis) is 1. The Bertz CT molecular complexity index is 324. The molecule has 1 aliphatic carbocycles. The summed E-state index contributed by atoms with van der Waals surface area (Å²) >= 11 is 0. The Hall–Kier alpha value is -1.52. The van der Waals surface area contributed by atoms with Crippen molar-refractivity contribution in [1.82, 2.24) is 5.32 Å². The second kappa shape index (κ2) is 9.39. The van der Waals surface area contributed by atoms with Crippen LogP contribution in [-0.2, 0) is 9.53 Å². The minimum Gasteiger partial charge on any atom is -0.481 e. The number of rotatable bonds is 8. The quantitative estimate of drug-likeness (QED) is 0.671. The molecule has 114 valence electrons. The van der Waals surface area contributed by atoms with E-state index in [-0.39, 0.29) is 19.1 Å². The lowest BCUT2D eigenvalue weighted by atomic mass is 9.84. The van der Waals surface area contributed by atoms with Crippen molar-refractivity contribution in [2.75, 3.05) is 6.61 Å². The van der Waals surface area contributed by atoms with Gasteiger partial charge in [-0.05, 0) is 18.8 Å². The summed E-state index contributed by atoms with van der Waals surface area (Å²) in [5, 5.41) is 11.6. The van der Waals surface area contributed by atoms with Gasteiger partial charge < -0.3 is 15.2 Å². The van der Waals surface area contributed by atoms with Gasteiger partial charge in [0.25, 0.3) is 0 Å². The number of hydrogen-bond donors (Lipinski definition) is 2. The van der Waals surface area contributed by atoms with E-state index in [0.29, 0.717) is 12.3 Å². The Balaban J connectivity index is 2.42. The summed E-state index contributed by atoms with van der Waals surface area (Å²) < 4.78 is 4.90. The summed E-state index contributed by atoms with van der Waals surface area (Å²) in [5.41, 5.74) is 0. The van der Waals surface area contributed by atoms with E-state index >= 15 is 0 Å². The van der Waals surface area contributed by atoms with E-state index in [1.165, 1.54) is 38.2 Å². The van der Waals surface area contributed by atoms with Gasteiger partial charge in [-0.2, -0.15) is 0 Å². The van der Waals surface area contributed by atoms with Crippen LogP contribution in [0.4, 0.5) is 4.79 Å². The van der Waals surface area contributed by atoms with Crippen LogP contribution in [0.3, 0.4) is 0 Å². The van der Waals surface area contributed by atoms with Crippen LogP contribution in [0.15, 0.2) is 12.7 Å². The molecule has 1 rings (SSSR count). The predicted molar refractivity (Wildman–Crippen MR) is 76.5 cm³/mol. The highest BCUT2D eigenvalue weighted by molar-refractivity contribution is 5.68. The first-order chi connectivity index (χ1) is 9.61. The third kappa shape index (κ3) is 7.16. The molecule has 0 radical (unpaired) electrons. The van der Waals surface area contributed by atoms with E-state index < -0.39 is 12.1 Å². The summed E-state index contributed by atoms with van der Waals surface area (Å²) in [7, 11) is 0. The van der Waals surface area contributed by atoms with E-state index in [2.05, 4.69) is 11.9 Å². The summed E-state index contributed by atoms with van der Waals surface area (Å²) in [6.07, 6.45) is 8.48. The molecule has 0 aromatic rings. The van der Waals surface area contributed by atoms with Crippen LogP contribution in [0.2, 0.25) is 0 Å². The Morgan fingerprint density at radius 3 is 2.65 bits per heavy atom. The number of carboxylic acid groups (broad SMARTS) is 1. The van der Waals surface area contributed by atoms with Gasteiger partial charge in [0, 0.05) is 12.5 Å². The van der Waals surface area contributed by atoms with Crippen LogP contribution in [0.1, 0.15) is 51.4 Å². The van der Waals surface area contributed by atoms with Gasteiger partial charge in [-0.1, -0.05) is 44.8 Å². The normalized spacial score (nSPS) is 17.2. The predicted octanol–water partition coefficient (Wildman–Crippen LogP) is 3.10. The maximum absolute atomic E-state index is 11.6. The number of carbonyl (C=O) groups excluding carboxylic acids is 1. The maximum Gasteiger partial charge on any atom is 0.407 e. The average Bonchev–Trinajstić information content (AvgIpc) is 2.43. The Morgan fingerprint density at radius 2 is 2.05 bits per heavy atom. The largest absolute Gasteiger partial charge is 0.481 e. The average molecular weight is 283 g/mol. The van der Waals surface area contributed by atoms with Crippen LogP contribution < -0.4 is 5.32 Å². The molecule has 5 heteroatoms. The summed E-state index contributed by atoms with van der Waals surface area (Å²) in [6.45, 7) is 3.65. The van der Waals surface area contributed by atoms with E-state index in [4.69, 9.17) is 9.84 Å². The zero-order valence-electron chi connectivity index (χ0n) is 12.0. The molecule has 0 spiro atoms. The van der Waals surface area contributed by atoms with Crippen molar-refractivity contribution in [2.24, 2.45) is 5.92 Å². The summed E-state index contributed by atoms with van der Waals surface area (Å²) in [6, 6.07) is -0.119. The molecule has 1 fully saturated rings. The lowest BCUT2D eigenvalue weighted by Crippen LogP contribution is -2.37. The highest BCUT2D eigenvalue weighted by Gasteiger charge is 2.21. The number of carbonyl (C=O) groups is 2. The monoisotopic (exact) mass is 283 g/mol. The molecule has 1 atom stereocenters. The van der Waals surface area contributed by atoms with Gasteiger partial charge in [-0.3, -0.25) is 4.79 Å². The fraction of sp³-hybridized carbons (Fsp3) is 0.733. The van der Waals surface area contributed by atoms with Gasteiger partial charge in [-0.25, -0.2) is 4.79 Å². The highest BCUT2D eigenvalue weighted by Crippen LogP contribution is 2.28. The molecular formula is C15H25NO4. The van der Waals surface area contributed by atoms with Crippen LogP contribution in [0, 0.1) is 5.92 Å². The lowest BCUT2D eigenvalue weighted by molar-refractivity contribution is -0.137. The van der Waals surface area contributed by atoms with Crippen molar-refractivity contribution in [3.8, 4) is 0 Å². The number of nitrogens with one attached hydrogen (secondary N) is 1. The first kappa shape index (κ1) is 16.5. The molecule has 5 nitrogen and oxygen atoms in total. The minimum absolute atomic E-state index is 0.0686. The number of carboxylic acids is 1. The van der Waals surface area contributed by atoms with Gasteiger partial charge in [0.2, 0.25) is 0 Å². The van der Waals surface area contributed by atoms with E-state index in [0.717, 1.165) is 6.42 Å². The van der Waals surface area contributed by atoms with Crippen LogP contribution in [0.25, 0.3) is 0 Å². The summed E-state index contributed by atoms with van der Waals surface area (Å²) in [4.78, 5) is 22.3. The van der Waals surface area contributed by atoms with Gasteiger partial charge in [0.05, 0.1) is 0 Å². The van der Waals surface area contributed by atoms with Crippen LogP contribution >= 0.6 is 0 Å². The Morgan fingerprint density at radius 1 is 1.35 bits per heavy atom. The Kier molecular flexibility index (Phi) is 7.77. The minimum atomic E-state index is -0.833. The highest BCUT2D eigenvalue weighted by atomic mass is 16.5. The summed E-state index contributed by atoms with van der Waals surface area (Å²) in [5.74, 6) is -0.248. The van der Waals surface area contributed by atoms with Gasteiger partial charge in [-0.15, -0.1) is 0 Å². The molecular weight excluding hydrogens is 258 g/mol. The van der Waals surface area contributed by atoms with E-state index in [1.807, 2.05) is 0 Å². The molecule has 0 bridgehead atoms. The van der Waals surface area contributed by atoms with E-state index in [9.17, 15) is 9.59 Å². The fourth-order valence-corrected chi connectivity index (χ4v) is 2.71. The molecule has 0 aliphatic heterocycles.